The summed E-state index contributed by atoms with van der Waals surface area (Å²) in [5.41, 5.74) is 0.682. The first-order chi connectivity index (χ1) is 5.63. The summed E-state index contributed by atoms with van der Waals surface area (Å²) in [5.74, 6) is -0.970. The lowest BCUT2D eigenvalue weighted by molar-refractivity contribution is 0.0695. The van der Waals surface area contributed by atoms with Gasteiger partial charge in [-0.1, -0.05) is 31.9 Å². The minimum Gasteiger partial charge on any atom is -0.478 e. The fourth-order valence-electron chi connectivity index (χ4n) is 0.772. The number of rotatable bonds is 2. The summed E-state index contributed by atoms with van der Waals surface area (Å²) in [5, 5.41) is 8.73. The molecule has 5 heteroatoms. The highest BCUT2D eigenvalue weighted by molar-refractivity contribution is 9.24. The highest BCUT2D eigenvalue weighted by atomic mass is 79.9. The maximum absolute atomic E-state index is 10.6. The number of aromatic nitrogens is 1. The molecule has 0 aromatic carbocycles. The number of hydrogen-bond donors (Lipinski definition) is 1. The van der Waals surface area contributed by atoms with Gasteiger partial charge >= 0.3 is 5.97 Å². The molecule has 1 aromatic rings. The molecule has 0 spiro atoms. The Bertz CT molecular complexity index is 301. The second-order valence-corrected chi connectivity index (χ2v) is 5.10. The van der Waals surface area contributed by atoms with Crippen molar-refractivity contribution in [2.24, 2.45) is 0 Å². The van der Waals surface area contributed by atoms with Gasteiger partial charge < -0.3 is 5.11 Å². The van der Waals surface area contributed by atoms with Crippen molar-refractivity contribution >= 4 is 37.8 Å². The number of nitrogens with zero attached hydrogens (tertiary/aromatic N) is 1. The Morgan fingerprint density at radius 2 is 2.25 bits per heavy atom. The number of carboxylic acid groups (broad SMARTS) is 1. The van der Waals surface area contributed by atoms with Crippen LogP contribution in [-0.2, 0) is 0 Å². The van der Waals surface area contributed by atoms with Crippen LogP contribution in [0.5, 0.6) is 0 Å². The third kappa shape index (κ3) is 2.04. The normalized spacial score (nSPS) is 10.2. The van der Waals surface area contributed by atoms with Crippen LogP contribution in [0.15, 0.2) is 18.3 Å². The monoisotopic (exact) mass is 293 g/mol. The first kappa shape index (κ1) is 9.67. The summed E-state index contributed by atoms with van der Waals surface area (Å²) in [6, 6.07) is 3.11. The molecule has 0 unspecified atom stereocenters. The zero-order chi connectivity index (χ0) is 9.14. The lowest BCUT2D eigenvalue weighted by Gasteiger charge is -2.03. The van der Waals surface area contributed by atoms with E-state index < -0.39 is 5.97 Å². The fourth-order valence-corrected chi connectivity index (χ4v) is 1.50. The highest BCUT2D eigenvalue weighted by Gasteiger charge is 2.14. The number of carbonyl (C=O) groups is 1. The minimum absolute atomic E-state index is 0.205. The van der Waals surface area contributed by atoms with Crippen LogP contribution in [0.4, 0.5) is 0 Å². The molecule has 0 fully saturated rings. The maximum atomic E-state index is 10.6. The van der Waals surface area contributed by atoms with E-state index in [9.17, 15) is 4.79 Å². The average molecular weight is 295 g/mol. The zero-order valence-electron chi connectivity index (χ0n) is 5.87. The van der Waals surface area contributed by atoms with Gasteiger partial charge in [-0.05, 0) is 12.1 Å². The fraction of sp³-hybridized carbons (Fsp3) is 0.143. The van der Waals surface area contributed by atoms with Gasteiger partial charge in [-0.15, -0.1) is 0 Å². The second-order valence-electron chi connectivity index (χ2n) is 2.04. The van der Waals surface area contributed by atoms with Crippen LogP contribution in [-0.4, -0.2) is 16.1 Å². The third-order valence-electron chi connectivity index (χ3n) is 1.28. The lowest BCUT2D eigenvalue weighted by Crippen LogP contribution is -2.03. The van der Waals surface area contributed by atoms with Gasteiger partial charge in [0.2, 0.25) is 0 Å². The standard InChI is InChI=1S/C7H5Br2NO2/c8-6(9)5-4(7(11)12)2-1-3-10-5/h1-3,6H,(H,11,12). The van der Waals surface area contributed by atoms with Crippen molar-refractivity contribution in [2.45, 2.75) is 3.74 Å². The van der Waals surface area contributed by atoms with Crippen LogP contribution in [0.2, 0.25) is 0 Å². The largest absolute Gasteiger partial charge is 0.478 e. The Hall–Kier alpha value is -0.420. The van der Waals surface area contributed by atoms with E-state index in [1.807, 2.05) is 0 Å². The molecular weight excluding hydrogens is 290 g/mol. The smallest absolute Gasteiger partial charge is 0.337 e. The Morgan fingerprint density at radius 1 is 1.58 bits per heavy atom. The zero-order valence-corrected chi connectivity index (χ0v) is 9.04. The molecule has 0 amide bonds. The van der Waals surface area contributed by atoms with E-state index in [4.69, 9.17) is 5.11 Å². The molecule has 1 aromatic heterocycles. The molecule has 0 aliphatic carbocycles. The molecule has 0 aliphatic heterocycles. The van der Waals surface area contributed by atoms with Crippen molar-refractivity contribution in [3.05, 3.63) is 29.6 Å². The molecule has 0 saturated carbocycles. The van der Waals surface area contributed by atoms with E-state index in [0.717, 1.165) is 0 Å². The molecule has 0 aliphatic rings. The molecule has 0 bridgehead atoms. The maximum Gasteiger partial charge on any atom is 0.337 e. The molecule has 0 atom stereocenters. The first-order valence-electron chi connectivity index (χ1n) is 3.09. The van der Waals surface area contributed by atoms with E-state index in [0.29, 0.717) is 5.69 Å². The predicted octanol–water partition coefficient (Wildman–Crippen LogP) is 2.57. The molecule has 12 heavy (non-hydrogen) atoms. The first-order valence-corrected chi connectivity index (χ1v) is 4.92. The Balaban J connectivity index is 3.17. The summed E-state index contributed by atoms with van der Waals surface area (Å²) in [7, 11) is 0. The Labute approximate surface area is 86.1 Å². The number of alkyl halides is 2. The number of carboxylic acids is 1. The van der Waals surface area contributed by atoms with Gasteiger partial charge in [-0.3, -0.25) is 4.98 Å². The number of halogens is 2. The van der Waals surface area contributed by atoms with Gasteiger partial charge in [-0.25, -0.2) is 4.79 Å². The van der Waals surface area contributed by atoms with Crippen LogP contribution < -0.4 is 0 Å². The number of aromatic carboxylic acids is 1. The van der Waals surface area contributed by atoms with Crippen LogP contribution in [0.1, 0.15) is 19.8 Å². The number of hydrogen-bond acceptors (Lipinski definition) is 2. The lowest BCUT2D eigenvalue weighted by atomic mass is 10.2. The van der Waals surface area contributed by atoms with Crippen molar-refractivity contribution in [3.63, 3.8) is 0 Å². The molecule has 3 nitrogen and oxygen atoms in total. The van der Waals surface area contributed by atoms with E-state index in [1.165, 1.54) is 6.07 Å². The Morgan fingerprint density at radius 3 is 2.67 bits per heavy atom. The Kier molecular flexibility index (Phi) is 3.22. The van der Waals surface area contributed by atoms with Gasteiger partial charge in [0.05, 0.1) is 11.3 Å². The van der Waals surface area contributed by atoms with E-state index in [-0.39, 0.29) is 9.30 Å². The molecule has 1 N–H and O–H groups in total. The second kappa shape index (κ2) is 4.00. The molecule has 0 radical (unpaired) electrons. The molecule has 0 saturated heterocycles. The van der Waals surface area contributed by atoms with Gasteiger partial charge in [-0.2, -0.15) is 0 Å². The topological polar surface area (TPSA) is 50.2 Å². The minimum atomic E-state index is -0.970. The van der Waals surface area contributed by atoms with Crippen molar-refractivity contribution in [2.75, 3.05) is 0 Å². The summed E-state index contributed by atoms with van der Waals surface area (Å²) in [6.07, 6.45) is 1.55. The van der Waals surface area contributed by atoms with E-state index >= 15 is 0 Å². The van der Waals surface area contributed by atoms with E-state index in [1.54, 1.807) is 12.3 Å². The highest BCUT2D eigenvalue weighted by Crippen LogP contribution is 2.29. The summed E-state index contributed by atoms with van der Waals surface area (Å²) < 4.78 is -0.225. The van der Waals surface area contributed by atoms with Gasteiger partial charge in [0.15, 0.2) is 0 Å². The van der Waals surface area contributed by atoms with E-state index in [2.05, 4.69) is 36.8 Å². The predicted molar refractivity (Wildman–Crippen MR) is 51.8 cm³/mol. The van der Waals surface area contributed by atoms with Crippen LogP contribution in [0.3, 0.4) is 0 Å². The average Bonchev–Trinajstić information content (AvgIpc) is 2.04. The van der Waals surface area contributed by atoms with Crippen LogP contribution in [0, 0.1) is 0 Å². The van der Waals surface area contributed by atoms with Gasteiger partial charge in [0.1, 0.15) is 3.74 Å². The third-order valence-corrected chi connectivity index (χ3v) is 2.14. The van der Waals surface area contributed by atoms with Gasteiger partial charge in [0.25, 0.3) is 0 Å². The van der Waals surface area contributed by atoms with Crippen molar-refractivity contribution < 1.29 is 9.90 Å². The van der Waals surface area contributed by atoms with Crippen molar-refractivity contribution in [1.29, 1.82) is 0 Å². The number of pyridine rings is 1. The quantitative estimate of drug-likeness (QED) is 0.853. The summed E-state index contributed by atoms with van der Waals surface area (Å²) >= 11 is 6.38. The molecular formula is C7H5Br2NO2. The molecule has 1 rings (SSSR count). The van der Waals surface area contributed by atoms with Crippen LogP contribution >= 0.6 is 31.9 Å². The van der Waals surface area contributed by atoms with Crippen LogP contribution in [0.25, 0.3) is 0 Å². The van der Waals surface area contributed by atoms with Crippen molar-refractivity contribution in [3.8, 4) is 0 Å². The SMILES string of the molecule is O=C(O)c1cccnc1C(Br)Br. The molecule has 64 valence electrons. The summed E-state index contributed by atoms with van der Waals surface area (Å²) in [4.78, 5) is 14.6. The summed E-state index contributed by atoms with van der Waals surface area (Å²) in [6.45, 7) is 0. The molecule has 1 heterocycles. The van der Waals surface area contributed by atoms with Crippen molar-refractivity contribution in [1.82, 2.24) is 4.98 Å². The van der Waals surface area contributed by atoms with Gasteiger partial charge in [0, 0.05) is 6.20 Å².